The number of carboxylic acids is 1. The zero-order valence-electron chi connectivity index (χ0n) is 4.14. The standard InChI is InChI=1S/C2H4O5S2/c3-2(4)1-8-9(5,6)7/h1H2,(H2-,3,4,5,6,7). The second-order valence-electron chi connectivity index (χ2n) is 1.08. The molecule has 0 unspecified atom stereocenters. The molecule has 0 rings (SSSR count). The van der Waals surface area contributed by atoms with Crippen molar-refractivity contribution in [3.8, 4) is 0 Å². The maximum Gasteiger partial charge on any atom is 0.430 e. The van der Waals surface area contributed by atoms with E-state index in [1.165, 1.54) is 0 Å². The van der Waals surface area contributed by atoms with Crippen LogP contribution in [0.2, 0.25) is 0 Å². The van der Waals surface area contributed by atoms with Crippen LogP contribution in [0.15, 0.2) is 0 Å². The highest BCUT2D eigenvalue weighted by molar-refractivity contribution is 8.34. The van der Waals surface area contributed by atoms with E-state index in [0.717, 1.165) is 0 Å². The number of carboxylic acid groups (broad SMARTS) is 1. The van der Waals surface area contributed by atoms with Crippen LogP contribution in [-0.2, 0) is 24.2 Å². The van der Waals surface area contributed by atoms with Crippen LogP contribution in [-0.4, -0.2) is 25.0 Å². The summed E-state index contributed by atoms with van der Waals surface area (Å²) in [6, 6.07) is 0. The van der Waals surface area contributed by atoms with Gasteiger partial charge in [0.2, 0.25) is 5.75 Å². The van der Waals surface area contributed by atoms with E-state index in [1.54, 1.807) is 0 Å². The van der Waals surface area contributed by atoms with Crippen molar-refractivity contribution in [2.24, 2.45) is 0 Å². The molecule has 0 fully saturated rings. The first-order valence-electron chi connectivity index (χ1n) is 1.75. The van der Waals surface area contributed by atoms with Crippen LogP contribution in [0.4, 0.5) is 0 Å². The molecule has 0 amide bonds. The summed E-state index contributed by atoms with van der Waals surface area (Å²) in [6.07, 6.45) is 0. The number of aliphatic carboxylic acids is 1. The molecule has 0 radical (unpaired) electrons. The molecule has 0 aliphatic rings. The minimum absolute atomic E-state index is 0.0185. The molecule has 2 N–H and O–H groups in total. The fraction of sp³-hybridized carbons (Fsp3) is 0.500. The van der Waals surface area contributed by atoms with Crippen LogP contribution >= 0.6 is 0 Å². The molecule has 0 aromatic carbocycles. The summed E-state index contributed by atoms with van der Waals surface area (Å²) in [7, 11) is -3.95. The lowest BCUT2D eigenvalue weighted by Crippen LogP contribution is -2.26. The maximum absolute atomic E-state index is 9.87. The van der Waals surface area contributed by atoms with Gasteiger partial charge in [0.25, 0.3) is 0 Å². The van der Waals surface area contributed by atoms with Gasteiger partial charge in [-0.25, -0.2) is 0 Å². The van der Waals surface area contributed by atoms with Gasteiger partial charge in [0.1, 0.15) is 5.97 Å². The van der Waals surface area contributed by atoms with E-state index in [4.69, 9.17) is 9.11 Å². The predicted molar refractivity (Wildman–Crippen MR) is 30.6 cm³/mol. The van der Waals surface area contributed by atoms with Crippen molar-refractivity contribution in [3.63, 3.8) is 0 Å². The van der Waals surface area contributed by atoms with E-state index in [-0.39, 0.29) is 10.3 Å². The molecule has 0 bridgehead atoms. The summed E-state index contributed by atoms with van der Waals surface area (Å²) < 4.78 is 25.9. The molecule has 0 spiro atoms. The number of rotatable bonds is 2. The molecule has 0 atom stereocenters. The van der Waals surface area contributed by atoms with Crippen LogP contribution in [0.3, 0.4) is 0 Å². The summed E-state index contributed by atoms with van der Waals surface area (Å²) >= 11 is 0. The third-order valence-electron chi connectivity index (χ3n) is 0.330. The molecule has 0 saturated heterocycles. The second-order valence-corrected chi connectivity index (χ2v) is 4.51. The minimum Gasteiger partial charge on any atom is -0.544 e. The molecule has 54 valence electrons. The van der Waals surface area contributed by atoms with Gasteiger partial charge in [-0.2, -0.15) is 4.21 Å². The Morgan fingerprint density at radius 3 is 2.22 bits per heavy atom. The fourth-order valence-corrected chi connectivity index (χ4v) is 1.12. The van der Waals surface area contributed by atoms with E-state index < -0.39 is 20.8 Å². The highest BCUT2D eigenvalue weighted by Gasteiger charge is 2.08. The molecule has 0 heterocycles. The monoisotopic (exact) mass is 172 g/mol. The second kappa shape index (κ2) is 3.06. The van der Waals surface area contributed by atoms with Gasteiger partial charge in [-0.1, -0.05) is 0 Å². The first kappa shape index (κ1) is 8.76. The first-order valence-corrected chi connectivity index (χ1v) is 4.72. The lowest BCUT2D eigenvalue weighted by Gasteiger charge is -1.82. The lowest BCUT2D eigenvalue weighted by atomic mass is 10.8. The number of carbonyl (C=O) groups excluding carboxylic acids is 1. The van der Waals surface area contributed by atoms with Crippen LogP contribution in [0.5, 0.6) is 0 Å². The van der Waals surface area contributed by atoms with Gasteiger partial charge in [0.15, 0.2) is 0 Å². The molecule has 0 aromatic heterocycles. The highest BCUT2D eigenvalue weighted by atomic mass is 32.9. The topological polar surface area (TPSA) is 97.7 Å². The van der Waals surface area contributed by atoms with Crippen molar-refractivity contribution in [2.45, 2.75) is 0 Å². The van der Waals surface area contributed by atoms with E-state index >= 15 is 0 Å². The molecule has 0 aliphatic heterocycles. The largest absolute Gasteiger partial charge is 0.544 e. The smallest absolute Gasteiger partial charge is 0.430 e. The van der Waals surface area contributed by atoms with Crippen LogP contribution < -0.4 is 5.11 Å². The van der Waals surface area contributed by atoms with Gasteiger partial charge in [-0.3, -0.25) is 9.11 Å². The summed E-state index contributed by atoms with van der Waals surface area (Å²) in [5.74, 6) is -2.18. The van der Waals surface area contributed by atoms with E-state index in [1.807, 2.05) is 0 Å². The molecule has 5 nitrogen and oxygen atoms in total. The van der Waals surface area contributed by atoms with Crippen molar-refractivity contribution in [3.05, 3.63) is 0 Å². The molecular weight excluding hydrogens is 168 g/mol. The van der Waals surface area contributed by atoms with Gasteiger partial charge in [0, 0.05) is 0 Å². The Balaban J connectivity index is 4.03. The van der Waals surface area contributed by atoms with Gasteiger partial charge >= 0.3 is 19.4 Å². The quantitative estimate of drug-likeness (QED) is 0.468. The SMILES string of the molecule is O=C([O-])C[S+]=S(=O)(O)O. The maximum atomic E-state index is 9.87. The van der Waals surface area contributed by atoms with Crippen molar-refractivity contribution in [1.82, 2.24) is 0 Å². The Bertz CT molecular complexity index is 203. The molecule has 0 aliphatic carbocycles. The Hall–Kier alpha value is -0.240. The Kier molecular flexibility index (Phi) is 2.98. The normalized spacial score (nSPS) is 10.9. The fourth-order valence-electron chi connectivity index (χ4n) is 0.125. The van der Waals surface area contributed by atoms with Crippen molar-refractivity contribution in [2.75, 3.05) is 5.75 Å². The Labute approximate surface area is 55.0 Å². The number of hydrogen-bond acceptors (Lipinski definition) is 3. The molecule has 0 aromatic rings. The van der Waals surface area contributed by atoms with Crippen LogP contribution in [0.1, 0.15) is 0 Å². The van der Waals surface area contributed by atoms with E-state index in [2.05, 4.69) is 0 Å². The number of carbonyl (C=O) groups is 1. The average Bonchev–Trinajstić information content (AvgIpc) is 1.59. The first-order chi connectivity index (χ1) is 3.92. The summed E-state index contributed by atoms with van der Waals surface area (Å²) in [6.45, 7) is 0. The van der Waals surface area contributed by atoms with Gasteiger partial charge in [0.05, 0.1) is 0 Å². The predicted octanol–water partition coefficient (Wildman–Crippen LogP) is -2.04. The van der Waals surface area contributed by atoms with Gasteiger partial charge in [-0.05, 0) is 0 Å². The van der Waals surface area contributed by atoms with Crippen molar-refractivity contribution < 1.29 is 23.2 Å². The van der Waals surface area contributed by atoms with Crippen LogP contribution in [0, 0.1) is 0 Å². The lowest BCUT2D eigenvalue weighted by molar-refractivity contribution is -0.301. The van der Waals surface area contributed by atoms with Crippen molar-refractivity contribution >= 4 is 25.3 Å². The zero-order chi connectivity index (χ0) is 7.49. The van der Waals surface area contributed by atoms with Gasteiger partial charge < -0.3 is 9.90 Å². The summed E-state index contributed by atoms with van der Waals surface area (Å²) in [5, 5.41) is 9.57. The summed E-state index contributed by atoms with van der Waals surface area (Å²) in [5.41, 5.74) is 0. The number of hydrogen-bond donors (Lipinski definition) is 2. The molecule has 9 heavy (non-hydrogen) atoms. The molecule has 0 saturated carbocycles. The Morgan fingerprint density at radius 2 is 2.11 bits per heavy atom. The average molecular weight is 172 g/mol. The summed E-state index contributed by atoms with van der Waals surface area (Å²) in [4.78, 5) is 9.57. The van der Waals surface area contributed by atoms with Crippen LogP contribution in [0.25, 0.3) is 0 Å². The van der Waals surface area contributed by atoms with Gasteiger partial charge in [-0.15, -0.1) is 0 Å². The molecule has 7 heteroatoms. The Morgan fingerprint density at radius 1 is 1.67 bits per heavy atom. The minimum atomic E-state index is -3.97. The molecular formula is C2H4O5S2. The van der Waals surface area contributed by atoms with E-state index in [0.29, 0.717) is 0 Å². The van der Waals surface area contributed by atoms with Crippen molar-refractivity contribution in [1.29, 1.82) is 0 Å². The third kappa shape index (κ3) is 7.76. The van der Waals surface area contributed by atoms with E-state index in [9.17, 15) is 14.1 Å². The highest BCUT2D eigenvalue weighted by Crippen LogP contribution is 1.75. The third-order valence-corrected chi connectivity index (χ3v) is 2.27. The zero-order valence-corrected chi connectivity index (χ0v) is 5.78.